The van der Waals surface area contributed by atoms with Crippen LogP contribution in [0.2, 0.25) is 0 Å². The summed E-state index contributed by atoms with van der Waals surface area (Å²) in [5, 5.41) is 8.15. The normalized spacial score (nSPS) is 18.8. The highest BCUT2D eigenvalue weighted by atomic mass is 32.1. The molecule has 0 spiro atoms. The van der Waals surface area contributed by atoms with E-state index in [1.165, 1.54) is 17.6 Å². The van der Waals surface area contributed by atoms with Crippen molar-refractivity contribution in [3.8, 4) is 5.06 Å². The molecule has 0 unspecified atom stereocenters. The number of thiophene rings is 1. The first-order chi connectivity index (χ1) is 14.8. The predicted octanol–water partition coefficient (Wildman–Crippen LogP) is 2.03. The summed E-state index contributed by atoms with van der Waals surface area (Å²) in [5.74, 6) is 0.106. The van der Waals surface area contributed by atoms with Crippen LogP contribution in [0.4, 0.5) is 0 Å². The van der Waals surface area contributed by atoms with Gasteiger partial charge in [-0.2, -0.15) is 0 Å². The molecule has 3 heterocycles. The third kappa shape index (κ3) is 3.90. The van der Waals surface area contributed by atoms with E-state index in [1.807, 2.05) is 11.9 Å². The smallest absolute Gasteiger partial charge is 0.270 e. The summed E-state index contributed by atoms with van der Waals surface area (Å²) in [5.41, 5.74) is 8.52. The van der Waals surface area contributed by atoms with Crippen molar-refractivity contribution in [1.29, 1.82) is 5.41 Å². The highest BCUT2D eigenvalue weighted by Gasteiger charge is 2.34. The number of hydrogen-bond acceptors (Lipinski definition) is 8. The van der Waals surface area contributed by atoms with Gasteiger partial charge >= 0.3 is 0 Å². The lowest BCUT2D eigenvalue weighted by Crippen LogP contribution is -2.56. The van der Waals surface area contributed by atoms with E-state index < -0.39 is 5.91 Å². The quantitative estimate of drug-likeness (QED) is 0.445. The molecule has 3 aliphatic rings. The minimum absolute atomic E-state index is 0.0354. The van der Waals surface area contributed by atoms with Crippen LogP contribution < -0.4 is 10.5 Å². The number of rotatable bonds is 6. The van der Waals surface area contributed by atoms with Crippen LogP contribution in [0.1, 0.15) is 27.2 Å². The number of thiol groups is 1. The second-order valence-electron chi connectivity index (χ2n) is 7.67. The van der Waals surface area contributed by atoms with Crippen LogP contribution in [0.3, 0.4) is 0 Å². The van der Waals surface area contributed by atoms with Gasteiger partial charge in [-0.25, -0.2) is 0 Å². The monoisotopic (exact) mass is 460 g/mol. The number of fused-ring (bicyclic) bond motifs is 1. The van der Waals surface area contributed by atoms with E-state index in [4.69, 9.17) is 20.6 Å². The maximum Gasteiger partial charge on any atom is 0.270 e. The maximum atomic E-state index is 12.7. The number of likely N-dealkylation sites (tertiary alicyclic amines) is 1. The van der Waals surface area contributed by atoms with Crippen molar-refractivity contribution >= 4 is 46.9 Å². The van der Waals surface area contributed by atoms with Crippen LogP contribution in [-0.4, -0.2) is 67.7 Å². The van der Waals surface area contributed by atoms with Gasteiger partial charge in [0.25, 0.3) is 11.8 Å². The first kappa shape index (κ1) is 21.7. The number of nitrogens with zero attached hydrogens (tertiary/aromatic N) is 2. The SMILES string of the molecule is COC1CN(C(=O)C2=CC=C(Oc3sc(C(N)=O)c4c3C(S)=C(C=N)CC4)CN2C)C1. The molecule has 2 amide bonds. The van der Waals surface area contributed by atoms with Gasteiger partial charge in [-0.05, 0) is 36.1 Å². The Balaban J connectivity index is 1.59. The van der Waals surface area contributed by atoms with Crippen molar-refractivity contribution in [1.82, 2.24) is 9.80 Å². The Morgan fingerprint density at radius 1 is 1.32 bits per heavy atom. The highest BCUT2D eigenvalue weighted by molar-refractivity contribution is 7.90. The minimum atomic E-state index is -0.498. The predicted molar refractivity (Wildman–Crippen MR) is 123 cm³/mol. The van der Waals surface area contributed by atoms with Crippen LogP contribution in [-0.2, 0) is 16.0 Å². The van der Waals surface area contributed by atoms with E-state index in [-0.39, 0.29) is 12.0 Å². The van der Waals surface area contributed by atoms with Gasteiger partial charge < -0.3 is 30.4 Å². The van der Waals surface area contributed by atoms with Crippen LogP contribution in [0.25, 0.3) is 4.91 Å². The molecule has 8 nitrogen and oxygen atoms in total. The van der Waals surface area contributed by atoms with Gasteiger partial charge in [-0.1, -0.05) is 11.3 Å². The summed E-state index contributed by atoms with van der Waals surface area (Å²) >= 11 is 5.80. The number of likely N-dealkylation sites (N-methyl/N-ethyl adjacent to an activating group) is 1. The number of ether oxygens (including phenoxy) is 2. The summed E-state index contributed by atoms with van der Waals surface area (Å²) in [6, 6.07) is 0. The number of carbonyl (C=O) groups is 2. The second-order valence-corrected chi connectivity index (χ2v) is 9.10. The molecule has 0 radical (unpaired) electrons. The number of carbonyl (C=O) groups excluding carboxylic acids is 2. The molecule has 0 atom stereocenters. The Bertz CT molecular complexity index is 1050. The zero-order valence-electron chi connectivity index (χ0n) is 17.3. The van der Waals surface area contributed by atoms with Gasteiger partial charge in [0, 0.05) is 43.9 Å². The van der Waals surface area contributed by atoms with E-state index >= 15 is 0 Å². The molecule has 10 heteroatoms. The van der Waals surface area contributed by atoms with Crippen molar-refractivity contribution in [3.05, 3.63) is 45.2 Å². The zero-order chi connectivity index (χ0) is 22.3. The van der Waals surface area contributed by atoms with E-state index in [0.717, 1.165) is 16.7 Å². The summed E-state index contributed by atoms with van der Waals surface area (Å²) in [6.45, 7) is 1.59. The molecule has 164 valence electrons. The lowest BCUT2D eigenvalue weighted by atomic mass is 9.93. The summed E-state index contributed by atoms with van der Waals surface area (Å²) in [7, 11) is 3.48. The molecule has 1 fully saturated rings. The minimum Gasteiger partial charge on any atom is -0.448 e. The van der Waals surface area contributed by atoms with Gasteiger partial charge in [-0.3, -0.25) is 9.59 Å². The third-order valence-corrected chi connectivity index (χ3v) is 7.34. The molecule has 1 saturated heterocycles. The van der Waals surface area contributed by atoms with Crippen LogP contribution in [0.5, 0.6) is 5.06 Å². The average Bonchev–Trinajstić information content (AvgIpc) is 3.07. The molecule has 1 aromatic rings. The number of primary amides is 1. The molecule has 0 saturated carbocycles. The lowest BCUT2D eigenvalue weighted by Gasteiger charge is -2.40. The summed E-state index contributed by atoms with van der Waals surface area (Å²) < 4.78 is 11.4. The first-order valence-electron chi connectivity index (χ1n) is 9.84. The van der Waals surface area contributed by atoms with Crippen molar-refractivity contribution in [2.45, 2.75) is 18.9 Å². The molecular formula is C21H24N4O4S2. The largest absolute Gasteiger partial charge is 0.448 e. The fourth-order valence-corrected chi connectivity index (χ4v) is 5.45. The number of amides is 2. The van der Waals surface area contributed by atoms with Crippen molar-refractivity contribution in [2.24, 2.45) is 5.73 Å². The number of methoxy groups -OCH3 is 1. The average molecular weight is 461 g/mol. The molecule has 2 aliphatic heterocycles. The van der Waals surface area contributed by atoms with Gasteiger partial charge in [0.1, 0.15) is 11.5 Å². The topological polar surface area (TPSA) is 109 Å². The number of nitrogens with one attached hydrogen (secondary N) is 1. The molecule has 0 bridgehead atoms. The molecule has 1 aliphatic carbocycles. The van der Waals surface area contributed by atoms with Gasteiger partial charge in [0.15, 0.2) is 5.06 Å². The van der Waals surface area contributed by atoms with E-state index in [0.29, 0.717) is 58.8 Å². The molecule has 1 aromatic heterocycles. The Hall–Kier alpha value is -2.56. The standard InChI is InChI=1S/C21H24N4O4S2/c1-24-8-12(4-6-15(24)20(27)25-9-13(10-25)28-2)29-21-16-14(18(31-21)19(23)26)5-3-11(7-22)17(16)30/h4,6-7,13,22,30H,3,5,8-10H2,1-2H3,(H2,23,26). The number of hydrogen-bond donors (Lipinski definition) is 3. The Morgan fingerprint density at radius 3 is 2.68 bits per heavy atom. The zero-order valence-corrected chi connectivity index (χ0v) is 19.0. The molecule has 0 aromatic carbocycles. The second kappa shape index (κ2) is 8.52. The molecule has 4 rings (SSSR count). The summed E-state index contributed by atoms with van der Waals surface area (Å²) in [4.78, 5) is 29.3. The summed E-state index contributed by atoms with van der Waals surface area (Å²) in [6.07, 6.45) is 6.15. The number of allylic oxidation sites excluding steroid dienone is 3. The Labute approximate surface area is 189 Å². The van der Waals surface area contributed by atoms with Gasteiger partial charge in [0.05, 0.1) is 17.5 Å². The van der Waals surface area contributed by atoms with E-state index in [2.05, 4.69) is 12.6 Å². The fourth-order valence-electron chi connectivity index (χ4n) is 3.88. The Morgan fingerprint density at radius 2 is 2.06 bits per heavy atom. The molecule has 31 heavy (non-hydrogen) atoms. The Kier molecular flexibility index (Phi) is 5.96. The number of nitrogens with two attached hydrogens (primary N) is 1. The fraction of sp³-hybridized carbons (Fsp3) is 0.381. The molecular weight excluding hydrogens is 436 g/mol. The highest BCUT2D eigenvalue weighted by Crippen LogP contribution is 2.46. The van der Waals surface area contributed by atoms with Crippen LogP contribution in [0.15, 0.2) is 29.2 Å². The van der Waals surface area contributed by atoms with Gasteiger partial charge in [0.2, 0.25) is 0 Å². The maximum absolute atomic E-state index is 12.7. The van der Waals surface area contributed by atoms with Crippen molar-refractivity contribution < 1.29 is 19.1 Å². The third-order valence-electron chi connectivity index (χ3n) is 5.70. The van der Waals surface area contributed by atoms with E-state index in [9.17, 15) is 9.59 Å². The van der Waals surface area contributed by atoms with Crippen LogP contribution >= 0.6 is 24.0 Å². The molecule has 3 N–H and O–H groups in total. The van der Waals surface area contributed by atoms with Crippen LogP contribution in [0, 0.1) is 5.41 Å². The lowest BCUT2D eigenvalue weighted by molar-refractivity contribution is -0.140. The van der Waals surface area contributed by atoms with Crippen molar-refractivity contribution in [3.63, 3.8) is 0 Å². The van der Waals surface area contributed by atoms with Gasteiger partial charge in [-0.15, -0.1) is 12.6 Å². The first-order valence-corrected chi connectivity index (χ1v) is 11.1. The van der Waals surface area contributed by atoms with E-state index in [1.54, 1.807) is 24.2 Å². The van der Waals surface area contributed by atoms with Crippen molar-refractivity contribution in [2.75, 3.05) is 33.8 Å².